The van der Waals surface area contributed by atoms with Crippen LogP contribution in [-0.4, -0.2) is 15.5 Å². The van der Waals surface area contributed by atoms with Crippen LogP contribution in [0.3, 0.4) is 0 Å². The Hall–Kier alpha value is -1.02. The molecule has 0 atom stereocenters. The van der Waals surface area contributed by atoms with Gasteiger partial charge in [-0.25, -0.2) is 0 Å². The van der Waals surface area contributed by atoms with E-state index in [0.717, 1.165) is 0 Å². The van der Waals surface area contributed by atoms with E-state index >= 15 is 0 Å². The number of benzene rings is 1. The van der Waals surface area contributed by atoms with Crippen LogP contribution < -0.4 is 10.0 Å². The van der Waals surface area contributed by atoms with Gasteiger partial charge in [-0.1, -0.05) is 17.7 Å². The molecule has 108 valence electrons. The molecule has 0 saturated carbocycles. The van der Waals surface area contributed by atoms with Crippen LogP contribution in [0.1, 0.15) is 5.76 Å². The van der Waals surface area contributed by atoms with Crippen LogP contribution in [0.5, 0.6) is 0 Å². The highest BCUT2D eigenvalue weighted by Crippen LogP contribution is 2.31. The average Bonchev–Trinajstić information content (AvgIpc) is 2.85. The molecule has 0 saturated heterocycles. The molecule has 5 nitrogen and oxygen atoms in total. The quantitative estimate of drug-likeness (QED) is 0.837. The second-order valence-corrected chi connectivity index (χ2v) is 6.77. The van der Waals surface area contributed by atoms with E-state index < -0.39 is 10.0 Å². The van der Waals surface area contributed by atoms with Crippen molar-refractivity contribution in [3.05, 3.63) is 45.6 Å². The summed E-state index contributed by atoms with van der Waals surface area (Å²) < 4.78 is 32.6. The van der Waals surface area contributed by atoms with Gasteiger partial charge in [0.25, 0.3) is 10.0 Å². The Bertz CT molecular complexity index is 715. The SMILES string of the molecule is CNCc1ccc(S(=O)(=O)Nc2cccc(Cl)c2Br)o1. The van der Waals surface area contributed by atoms with Gasteiger partial charge < -0.3 is 9.73 Å². The van der Waals surface area contributed by atoms with Crippen LogP contribution >= 0.6 is 27.5 Å². The lowest BCUT2D eigenvalue weighted by atomic mass is 10.3. The molecule has 0 amide bonds. The van der Waals surface area contributed by atoms with E-state index in [2.05, 4.69) is 26.0 Å². The summed E-state index contributed by atoms with van der Waals surface area (Å²) in [5.41, 5.74) is 0.351. The van der Waals surface area contributed by atoms with Gasteiger partial charge in [-0.15, -0.1) is 0 Å². The summed E-state index contributed by atoms with van der Waals surface area (Å²) in [6, 6.07) is 7.93. The summed E-state index contributed by atoms with van der Waals surface area (Å²) in [7, 11) is -2.04. The van der Waals surface area contributed by atoms with Crippen molar-refractivity contribution in [2.45, 2.75) is 11.6 Å². The molecule has 2 aromatic rings. The van der Waals surface area contributed by atoms with Crippen molar-refractivity contribution in [2.75, 3.05) is 11.8 Å². The first-order valence-electron chi connectivity index (χ1n) is 5.64. The molecule has 8 heteroatoms. The molecule has 2 rings (SSSR count). The third kappa shape index (κ3) is 3.35. The number of furan rings is 1. The molecule has 20 heavy (non-hydrogen) atoms. The molecule has 0 aliphatic heterocycles. The molecule has 2 N–H and O–H groups in total. The fourth-order valence-electron chi connectivity index (χ4n) is 1.55. The third-order valence-electron chi connectivity index (χ3n) is 2.45. The predicted octanol–water partition coefficient (Wildman–Crippen LogP) is 3.22. The van der Waals surface area contributed by atoms with Crippen molar-refractivity contribution in [1.29, 1.82) is 0 Å². The largest absolute Gasteiger partial charge is 0.446 e. The Morgan fingerprint density at radius 2 is 2.05 bits per heavy atom. The predicted molar refractivity (Wildman–Crippen MR) is 81.4 cm³/mol. The van der Waals surface area contributed by atoms with Gasteiger partial charge in [0.05, 0.1) is 21.7 Å². The summed E-state index contributed by atoms with van der Waals surface area (Å²) >= 11 is 9.16. The van der Waals surface area contributed by atoms with E-state index in [9.17, 15) is 8.42 Å². The minimum absolute atomic E-state index is 0.144. The minimum atomic E-state index is -3.78. The normalized spacial score (nSPS) is 11.6. The standard InChI is InChI=1S/C12H12BrClN2O3S/c1-15-7-8-5-6-11(19-8)20(17,18)16-10-4-2-3-9(14)12(10)13/h2-6,15-16H,7H2,1H3. The molecular weight excluding hydrogens is 368 g/mol. The number of sulfonamides is 1. The van der Waals surface area contributed by atoms with E-state index in [4.69, 9.17) is 16.0 Å². The number of anilines is 1. The van der Waals surface area contributed by atoms with Crippen LogP contribution in [0, 0.1) is 0 Å². The lowest BCUT2D eigenvalue weighted by molar-refractivity contribution is 0.408. The number of halogens is 2. The van der Waals surface area contributed by atoms with Crippen molar-refractivity contribution in [2.24, 2.45) is 0 Å². The van der Waals surface area contributed by atoms with Crippen molar-refractivity contribution in [3.8, 4) is 0 Å². The van der Waals surface area contributed by atoms with Gasteiger partial charge in [-0.2, -0.15) is 8.42 Å². The molecule has 0 spiro atoms. The summed E-state index contributed by atoms with van der Waals surface area (Å²) in [4.78, 5) is 0. The summed E-state index contributed by atoms with van der Waals surface area (Å²) in [6.45, 7) is 0.455. The van der Waals surface area contributed by atoms with Gasteiger partial charge in [0, 0.05) is 0 Å². The Labute approximate surface area is 130 Å². The molecule has 0 radical (unpaired) electrons. The Kier molecular flexibility index (Phi) is 4.74. The Morgan fingerprint density at radius 3 is 2.75 bits per heavy atom. The highest BCUT2D eigenvalue weighted by molar-refractivity contribution is 9.10. The van der Waals surface area contributed by atoms with Gasteiger partial charge in [0.1, 0.15) is 5.76 Å². The topological polar surface area (TPSA) is 71.3 Å². The zero-order valence-electron chi connectivity index (χ0n) is 10.5. The average molecular weight is 380 g/mol. The molecule has 0 bridgehead atoms. The first kappa shape index (κ1) is 15.4. The Balaban J connectivity index is 2.28. The van der Waals surface area contributed by atoms with Crippen LogP contribution in [-0.2, 0) is 16.6 Å². The van der Waals surface area contributed by atoms with E-state index in [-0.39, 0.29) is 5.09 Å². The van der Waals surface area contributed by atoms with E-state index in [1.165, 1.54) is 6.07 Å². The molecule has 1 heterocycles. The molecule has 1 aromatic heterocycles. The number of hydrogen-bond donors (Lipinski definition) is 2. The van der Waals surface area contributed by atoms with E-state index in [1.807, 2.05) is 0 Å². The zero-order chi connectivity index (χ0) is 14.8. The van der Waals surface area contributed by atoms with Gasteiger partial charge in [0.15, 0.2) is 0 Å². The molecule has 0 fully saturated rings. The van der Waals surface area contributed by atoms with Crippen molar-refractivity contribution in [3.63, 3.8) is 0 Å². The second-order valence-electron chi connectivity index (χ2n) is 3.96. The Morgan fingerprint density at radius 1 is 1.30 bits per heavy atom. The lowest BCUT2D eigenvalue weighted by Crippen LogP contribution is -2.12. The second kappa shape index (κ2) is 6.17. The summed E-state index contributed by atoms with van der Waals surface area (Å²) in [5, 5.41) is 3.15. The molecule has 0 aliphatic rings. The van der Waals surface area contributed by atoms with Crippen LogP contribution in [0.15, 0.2) is 44.3 Å². The highest BCUT2D eigenvalue weighted by Gasteiger charge is 2.20. The summed E-state index contributed by atoms with van der Waals surface area (Å²) in [6.07, 6.45) is 0. The smallest absolute Gasteiger partial charge is 0.295 e. The van der Waals surface area contributed by atoms with Crippen molar-refractivity contribution >= 4 is 43.2 Å². The number of nitrogens with one attached hydrogen (secondary N) is 2. The van der Waals surface area contributed by atoms with E-state index in [1.54, 1.807) is 31.3 Å². The molecule has 1 aromatic carbocycles. The first-order valence-corrected chi connectivity index (χ1v) is 8.29. The fraction of sp³-hybridized carbons (Fsp3) is 0.167. The van der Waals surface area contributed by atoms with Gasteiger partial charge >= 0.3 is 0 Å². The van der Waals surface area contributed by atoms with Crippen LogP contribution in [0.4, 0.5) is 5.69 Å². The lowest BCUT2D eigenvalue weighted by Gasteiger charge is -2.08. The zero-order valence-corrected chi connectivity index (χ0v) is 13.6. The van der Waals surface area contributed by atoms with Gasteiger partial charge in [-0.05, 0) is 47.2 Å². The molecular formula is C12H12BrClN2O3S. The van der Waals surface area contributed by atoms with Gasteiger partial charge in [0.2, 0.25) is 5.09 Å². The number of hydrogen-bond acceptors (Lipinski definition) is 4. The monoisotopic (exact) mass is 378 g/mol. The maximum absolute atomic E-state index is 12.2. The fourth-order valence-corrected chi connectivity index (χ4v) is 3.24. The maximum Gasteiger partial charge on any atom is 0.295 e. The number of rotatable bonds is 5. The van der Waals surface area contributed by atoms with E-state index in [0.29, 0.717) is 27.5 Å². The molecule has 0 unspecified atom stereocenters. The summed E-state index contributed by atoms with van der Waals surface area (Å²) in [5.74, 6) is 0.540. The van der Waals surface area contributed by atoms with Crippen LogP contribution in [0.2, 0.25) is 5.02 Å². The highest BCUT2D eigenvalue weighted by atomic mass is 79.9. The minimum Gasteiger partial charge on any atom is -0.446 e. The van der Waals surface area contributed by atoms with Crippen molar-refractivity contribution < 1.29 is 12.8 Å². The molecule has 0 aliphatic carbocycles. The third-order valence-corrected chi connectivity index (χ3v) is 5.08. The van der Waals surface area contributed by atoms with Crippen molar-refractivity contribution in [1.82, 2.24) is 5.32 Å². The van der Waals surface area contributed by atoms with Crippen LogP contribution in [0.25, 0.3) is 0 Å². The first-order chi connectivity index (χ1) is 9.44. The maximum atomic E-state index is 12.2. The van der Waals surface area contributed by atoms with Gasteiger partial charge in [-0.3, -0.25) is 4.72 Å².